The molecule has 4 nitrogen and oxygen atoms in total. The number of nitrogens with zero attached hydrogens (tertiary/aromatic N) is 1. The molecule has 18 heavy (non-hydrogen) atoms. The highest BCUT2D eigenvalue weighted by atomic mass is 35.5. The molecular weight excluding hydrogens is 270 g/mol. The van der Waals surface area contributed by atoms with E-state index in [4.69, 9.17) is 11.6 Å². The first kappa shape index (κ1) is 13.1. The summed E-state index contributed by atoms with van der Waals surface area (Å²) < 4.78 is 1.01. The third-order valence-electron chi connectivity index (χ3n) is 2.32. The highest BCUT2D eigenvalue weighted by molar-refractivity contribution is 7.22. The summed E-state index contributed by atoms with van der Waals surface area (Å²) in [5.74, 6) is -0.0193. The zero-order valence-corrected chi connectivity index (χ0v) is 11.6. The molecule has 96 valence electrons. The van der Waals surface area contributed by atoms with E-state index in [9.17, 15) is 4.79 Å². The van der Waals surface area contributed by atoms with Crippen LogP contribution < -0.4 is 10.6 Å². The molecule has 0 atom stereocenters. The molecule has 2 N–H and O–H groups in total. The highest BCUT2D eigenvalue weighted by Crippen LogP contribution is 2.27. The Morgan fingerprint density at radius 2 is 2.33 bits per heavy atom. The first-order valence-electron chi connectivity index (χ1n) is 5.75. The van der Waals surface area contributed by atoms with Crippen LogP contribution in [0.5, 0.6) is 0 Å². The summed E-state index contributed by atoms with van der Waals surface area (Å²) >= 11 is 7.40. The number of benzene rings is 1. The monoisotopic (exact) mass is 283 g/mol. The molecule has 2 aromatic rings. The Balaban J connectivity index is 1.97. The lowest BCUT2D eigenvalue weighted by Crippen LogP contribution is -2.30. The van der Waals surface area contributed by atoms with Crippen LogP contribution >= 0.6 is 22.9 Å². The molecule has 1 aromatic carbocycles. The van der Waals surface area contributed by atoms with Crippen molar-refractivity contribution < 1.29 is 4.79 Å². The Bertz CT molecular complexity index is 555. The first-order valence-corrected chi connectivity index (χ1v) is 6.95. The van der Waals surface area contributed by atoms with Gasteiger partial charge < -0.3 is 10.6 Å². The second kappa shape index (κ2) is 6.02. The molecule has 0 aliphatic rings. The molecule has 6 heteroatoms. The number of carbonyl (C=O) groups excluding carboxylic acids is 1. The molecule has 0 saturated heterocycles. The van der Waals surface area contributed by atoms with Gasteiger partial charge in [0.15, 0.2) is 5.13 Å². The van der Waals surface area contributed by atoms with Crippen molar-refractivity contribution in [2.24, 2.45) is 0 Å². The van der Waals surface area contributed by atoms with E-state index < -0.39 is 0 Å². The van der Waals surface area contributed by atoms with E-state index in [0.29, 0.717) is 11.6 Å². The fourth-order valence-electron chi connectivity index (χ4n) is 1.46. The van der Waals surface area contributed by atoms with Crippen molar-refractivity contribution in [3.8, 4) is 0 Å². The predicted molar refractivity (Wildman–Crippen MR) is 76.4 cm³/mol. The third-order valence-corrected chi connectivity index (χ3v) is 3.53. The molecule has 0 bridgehead atoms. The lowest BCUT2D eigenvalue weighted by molar-refractivity contribution is -0.119. The summed E-state index contributed by atoms with van der Waals surface area (Å²) in [5, 5.41) is 7.24. The van der Waals surface area contributed by atoms with Crippen LogP contribution in [0.2, 0.25) is 5.02 Å². The number of aromatic nitrogens is 1. The van der Waals surface area contributed by atoms with E-state index in [2.05, 4.69) is 15.6 Å². The number of nitrogens with one attached hydrogen (secondary N) is 2. The van der Waals surface area contributed by atoms with Crippen molar-refractivity contribution in [2.45, 2.75) is 13.3 Å². The van der Waals surface area contributed by atoms with E-state index in [-0.39, 0.29) is 12.5 Å². The fourth-order valence-corrected chi connectivity index (χ4v) is 2.59. The summed E-state index contributed by atoms with van der Waals surface area (Å²) in [4.78, 5) is 15.8. The van der Waals surface area contributed by atoms with Crippen molar-refractivity contribution in [3.05, 3.63) is 23.2 Å². The van der Waals surface area contributed by atoms with Gasteiger partial charge in [0.1, 0.15) is 0 Å². The van der Waals surface area contributed by atoms with Gasteiger partial charge in [0.2, 0.25) is 5.91 Å². The Labute approximate surface area is 114 Å². The average molecular weight is 284 g/mol. The quantitative estimate of drug-likeness (QED) is 0.887. The Morgan fingerprint density at radius 1 is 1.50 bits per heavy atom. The second-order valence-corrected chi connectivity index (χ2v) is 5.30. The lowest BCUT2D eigenvalue weighted by atomic mass is 10.3. The summed E-state index contributed by atoms with van der Waals surface area (Å²) in [5.41, 5.74) is 0.890. The van der Waals surface area contributed by atoms with Crippen molar-refractivity contribution >= 4 is 44.2 Å². The maximum absolute atomic E-state index is 11.4. The Kier molecular flexibility index (Phi) is 4.38. The van der Waals surface area contributed by atoms with Gasteiger partial charge in [0.05, 0.1) is 16.8 Å². The molecule has 0 unspecified atom stereocenters. The van der Waals surface area contributed by atoms with Gasteiger partial charge in [-0.25, -0.2) is 4.98 Å². The number of thiazole rings is 1. The number of amides is 1. The Hall–Kier alpha value is -1.33. The number of anilines is 1. The first-order chi connectivity index (χ1) is 8.69. The van der Waals surface area contributed by atoms with Crippen LogP contribution in [-0.4, -0.2) is 24.0 Å². The summed E-state index contributed by atoms with van der Waals surface area (Å²) in [6, 6.07) is 5.55. The van der Waals surface area contributed by atoms with Gasteiger partial charge in [-0.05, 0) is 24.6 Å². The van der Waals surface area contributed by atoms with Crippen LogP contribution in [0.25, 0.3) is 10.2 Å². The van der Waals surface area contributed by atoms with E-state index in [1.165, 1.54) is 11.3 Å². The van der Waals surface area contributed by atoms with Gasteiger partial charge in [-0.15, -0.1) is 0 Å². The van der Waals surface area contributed by atoms with Gasteiger partial charge in [-0.2, -0.15) is 0 Å². The third kappa shape index (κ3) is 3.34. The predicted octanol–water partition coefficient (Wildman–Crippen LogP) is 2.89. The topological polar surface area (TPSA) is 54.0 Å². The van der Waals surface area contributed by atoms with E-state index in [1.54, 1.807) is 6.07 Å². The SMILES string of the molecule is CCCNC(=O)CNc1nc2ccc(Cl)cc2s1. The van der Waals surface area contributed by atoms with Crippen LogP contribution in [0.15, 0.2) is 18.2 Å². The van der Waals surface area contributed by atoms with Crippen molar-refractivity contribution in [1.82, 2.24) is 10.3 Å². The zero-order chi connectivity index (χ0) is 13.0. The summed E-state index contributed by atoms with van der Waals surface area (Å²) in [6.45, 7) is 2.97. The van der Waals surface area contributed by atoms with Crippen LogP contribution in [0.3, 0.4) is 0 Å². The normalized spacial score (nSPS) is 10.6. The van der Waals surface area contributed by atoms with Crippen LogP contribution in [0.4, 0.5) is 5.13 Å². The van der Waals surface area contributed by atoms with Crippen molar-refractivity contribution in [2.75, 3.05) is 18.4 Å². The molecule has 2 rings (SSSR count). The zero-order valence-electron chi connectivity index (χ0n) is 10.00. The smallest absolute Gasteiger partial charge is 0.239 e. The molecule has 0 aliphatic carbocycles. The van der Waals surface area contributed by atoms with Gasteiger partial charge in [-0.3, -0.25) is 4.79 Å². The van der Waals surface area contributed by atoms with Crippen LogP contribution in [0.1, 0.15) is 13.3 Å². The maximum atomic E-state index is 11.4. The highest BCUT2D eigenvalue weighted by Gasteiger charge is 2.05. The van der Waals surface area contributed by atoms with E-state index in [0.717, 1.165) is 21.8 Å². The minimum Gasteiger partial charge on any atom is -0.355 e. The maximum Gasteiger partial charge on any atom is 0.239 e. The van der Waals surface area contributed by atoms with E-state index in [1.807, 2.05) is 19.1 Å². The van der Waals surface area contributed by atoms with Crippen molar-refractivity contribution in [1.29, 1.82) is 0 Å². The van der Waals surface area contributed by atoms with Gasteiger partial charge in [-0.1, -0.05) is 29.9 Å². The number of rotatable bonds is 5. The molecule has 0 saturated carbocycles. The molecule has 0 aliphatic heterocycles. The number of carbonyl (C=O) groups is 1. The number of hydrogen-bond acceptors (Lipinski definition) is 4. The largest absolute Gasteiger partial charge is 0.355 e. The van der Waals surface area contributed by atoms with Crippen LogP contribution in [-0.2, 0) is 4.79 Å². The van der Waals surface area contributed by atoms with Crippen LogP contribution in [0, 0.1) is 0 Å². The molecular formula is C12H14ClN3OS. The standard InChI is InChI=1S/C12H14ClN3OS/c1-2-5-14-11(17)7-15-12-16-9-4-3-8(13)6-10(9)18-12/h3-4,6H,2,5,7H2,1H3,(H,14,17)(H,15,16). The molecule has 1 aromatic heterocycles. The molecule has 0 fully saturated rings. The molecule has 1 heterocycles. The molecule has 1 amide bonds. The minimum absolute atomic E-state index is 0.0193. The minimum atomic E-state index is -0.0193. The Morgan fingerprint density at radius 3 is 3.11 bits per heavy atom. The fraction of sp³-hybridized carbons (Fsp3) is 0.333. The van der Waals surface area contributed by atoms with Gasteiger partial charge in [0.25, 0.3) is 0 Å². The second-order valence-electron chi connectivity index (χ2n) is 3.83. The van der Waals surface area contributed by atoms with E-state index >= 15 is 0 Å². The summed E-state index contributed by atoms with van der Waals surface area (Å²) in [7, 11) is 0. The molecule has 0 spiro atoms. The number of hydrogen-bond donors (Lipinski definition) is 2. The number of fused-ring (bicyclic) bond motifs is 1. The van der Waals surface area contributed by atoms with Crippen molar-refractivity contribution in [3.63, 3.8) is 0 Å². The van der Waals surface area contributed by atoms with Gasteiger partial charge in [0, 0.05) is 11.6 Å². The lowest BCUT2D eigenvalue weighted by Gasteiger charge is -2.03. The molecule has 0 radical (unpaired) electrons. The number of halogens is 1. The average Bonchev–Trinajstić information content (AvgIpc) is 2.75. The summed E-state index contributed by atoms with van der Waals surface area (Å²) in [6.07, 6.45) is 0.936. The van der Waals surface area contributed by atoms with Gasteiger partial charge >= 0.3 is 0 Å².